The van der Waals surface area contributed by atoms with E-state index in [0.717, 1.165) is 5.39 Å². The molecule has 8 heteroatoms. The Morgan fingerprint density at radius 2 is 1.90 bits per heavy atom. The van der Waals surface area contributed by atoms with Gasteiger partial charge in [0.1, 0.15) is 5.69 Å². The lowest BCUT2D eigenvalue weighted by atomic mass is 10.1. The molecule has 0 aliphatic carbocycles. The molecule has 2 aromatic carbocycles. The highest BCUT2D eigenvalue weighted by atomic mass is 16.5. The number of anilines is 1. The average molecular weight is 398 g/mol. The van der Waals surface area contributed by atoms with Crippen molar-refractivity contribution >= 4 is 22.5 Å². The predicted octanol–water partition coefficient (Wildman–Crippen LogP) is 4.09. The van der Waals surface area contributed by atoms with Crippen LogP contribution in [0.5, 0.6) is 0 Å². The second kappa shape index (κ2) is 7.17. The van der Waals surface area contributed by atoms with Crippen LogP contribution >= 0.6 is 0 Å². The Kier molecular flexibility index (Phi) is 4.21. The summed E-state index contributed by atoms with van der Waals surface area (Å²) in [6, 6.07) is 19.6. The monoisotopic (exact) mass is 398 g/mol. The molecule has 3 aromatic heterocycles. The molecule has 8 nitrogen and oxygen atoms in total. The Labute approximate surface area is 169 Å². The molecule has 30 heavy (non-hydrogen) atoms. The number of hydrogen-bond donors (Lipinski definition) is 2. The minimum atomic E-state index is -0.645. The van der Waals surface area contributed by atoms with Crippen molar-refractivity contribution in [3.63, 3.8) is 0 Å². The fourth-order valence-electron chi connectivity index (χ4n) is 3.21. The van der Waals surface area contributed by atoms with Crippen LogP contribution in [0, 0.1) is 0 Å². The lowest BCUT2D eigenvalue weighted by Crippen LogP contribution is -2.13. The first-order chi connectivity index (χ1) is 14.7. The van der Waals surface area contributed by atoms with E-state index in [1.54, 1.807) is 48.7 Å². The molecule has 0 aliphatic rings. The number of furan rings is 1. The molecule has 0 radical (unpaired) electrons. The Morgan fingerprint density at radius 1 is 1.00 bits per heavy atom. The van der Waals surface area contributed by atoms with E-state index in [1.807, 2.05) is 24.3 Å². The third-order valence-electron chi connectivity index (χ3n) is 4.57. The molecule has 146 valence electrons. The van der Waals surface area contributed by atoms with E-state index < -0.39 is 5.76 Å². The number of pyridine rings is 1. The first-order valence-corrected chi connectivity index (χ1v) is 9.09. The molecule has 0 unspecified atom stereocenters. The van der Waals surface area contributed by atoms with Crippen molar-refractivity contribution in [2.45, 2.75) is 0 Å². The highest BCUT2D eigenvalue weighted by Gasteiger charge is 2.16. The Bertz CT molecular complexity index is 1420. The van der Waals surface area contributed by atoms with Crippen molar-refractivity contribution in [3.8, 4) is 22.8 Å². The molecule has 0 saturated heterocycles. The van der Waals surface area contributed by atoms with Crippen LogP contribution < -0.4 is 11.1 Å². The zero-order valence-electron chi connectivity index (χ0n) is 15.5. The summed E-state index contributed by atoms with van der Waals surface area (Å²) in [6.07, 6.45) is 1.56. The molecule has 0 bridgehead atoms. The highest BCUT2D eigenvalue weighted by molar-refractivity contribution is 6.13. The fourth-order valence-corrected chi connectivity index (χ4v) is 3.21. The number of nitrogens with zero attached hydrogens (tertiary/aromatic N) is 2. The summed E-state index contributed by atoms with van der Waals surface area (Å²) in [5, 5.41) is 7.29. The van der Waals surface area contributed by atoms with E-state index in [1.165, 1.54) is 0 Å². The molecule has 0 aliphatic heterocycles. The maximum absolute atomic E-state index is 13.1. The summed E-state index contributed by atoms with van der Waals surface area (Å²) in [4.78, 5) is 31.4. The third-order valence-corrected chi connectivity index (χ3v) is 4.57. The SMILES string of the molecule is O=C(Nc1cccc(-c2noc(=O)[nH]2)c1)c1cc(-c2ccco2)nc2ccccc12. The summed E-state index contributed by atoms with van der Waals surface area (Å²) < 4.78 is 9.99. The van der Waals surface area contributed by atoms with Crippen LogP contribution in [-0.4, -0.2) is 21.0 Å². The highest BCUT2D eigenvalue weighted by Crippen LogP contribution is 2.26. The van der Waals surface area contributed by atoms with E-state index in [4.69, 9.17) is 4.42 Å². The summed E-state index contributed by atoms with van der Waals surface area (Å²) in [7, 11) is 0. The first-order valence-electron chi connectivity index (χ1n) is 9.09. The van der Waals surface area contributed by atoms with Gasteiger partial charge in [-0.15, -0.1) is 0 Å². The van der Waals surface area contributed by atoms with Gasteiger partial charge in [0.15, 0.2) is 11.6 Å². The van der Waals surface area contributed by atoms with E-state index in [-0.39, 0.29) is 11.7 Å². The van der Waals surface area contributed by atoms with Crippen molar-refractivity contribution in [2.24, 2.45) is 0 Å². The number of amides is 1. The molecule has 5 aromatic rings. The Hall–Kier alpha value is -4.46. The lowest BCUT2D eigenvalue weighted by molar-refractivity contribution is 0.102. The number of aromatic nitrogens is 3. The zero-order valence-corrected chi connectivity index (χ0v) is 15.5. The quantitative estimate of drug-likeness (QED) is 0.471. The maximum atomic E-state index is 13.1. The smallest absolute Gasteiger partial charge is 0.439 e. The molecular formula is C22H14N4O4. The molecule has 0 fully saturated rings. The number of fused-ring (bicyclic) bond motifs is 1. The largest absolute Gasteiger partial charge is 0.463 e. The van der Waals surface area contributed by atoms with Gasteiger partial charge in [0.2, 0.25) is 0 Å². The average Bonchev–Trinajstić information content (AvgIpc) is 3.45. The van der Waals surface area contributed by atoms with E-state index in [9.17, 15) is 9.59 Å². The first kappa shape index (κ1) is 17.6. The Morgan fingerprint density at radius 3 is 2.70 bits per heavy atom. The molecule has 1 amide bonds. The molecule has 3 heterocycles. The van der Waals surface area contributed by atoms with Gasteiger partial charge in [-0.3, -0.25) is 14.3 Å². The van der Waals surface area contributed by atoms with Crippen molar-refractivity contribution < 1.29 is 13.7 Å². The number of H-pyrrole nitrogens is 1. The number of para-hydroxylation sites is 1. The van der Waals surface area contributed by atoms with Gasteiger partial charge in [-0.05, 0) is 36.4 Å². The fraction of sp³-hybridized carbons (Fsp3) is 0. The van der Waals surface area contributed by atoms with Crippen LogP contribution in [0.2, 0.25) is 0 Å². The van der Waals surface area contributed by atoms with Crippen LogP contribution in [0.3, 0.4) is 0 Å². The van der Waals surface area contributed by atoms with Gasteiger partial charge in [-0.2, -0.15) is 0 Å². The third kappa shape index (κ3) is 3.26. The summed E-state index contributed by atoms with van der Waals surface area (Å²) in [6.45, 7) is 0. The summed E-state index contributed by atoms with van der Waals surface area (Å²) in [5.74, 6) is -0.0855. The molecule has 0 atom stereocenters. The van der Waals surface area contributed by atoms with Crippen LogP contribution in [-0.2, 0) is 0 Å². The molecule has 0 spiro atoms. The van der Waals surface area contributed by atoms with Crippen molar-refractivity contribution in [3.05, 3.63) is 89.1 Å². The molecule has 2 N–H and O–H groups in total. The summed E-state index contributed by atoms with van der Waals surface area (Å²) >= 11 is 0. The predicted molar refractivity (Wildman–Crippen MR) is 110 cm³/mol. The normalized spacial score (nSPS) is 10.9. The number of rotatable bonds is 4. The van der Waals surface area contributed by atoms with Crippen LogP contribution in [0.1, 0.15) is 10.4 Å². The van der Waals surface area contributed by atoms with Crippen molar-refractivity contribution in [1.82, 2.24) is 15.1 Å². The van der Waals surface area contributed by atoms with Crippen LogP contribution in [0.15, 0.2) is 86.7 Å². The van der Waals surface area contributed by atoms with Gasteiger partial charge in [-0.1, -0.05) is 35.5 Å². The number of carbonyl (C=O) groups is 1. The van der Waals surface area contributed by atoms with Gasteiger partial charge in [0.05, 0.1) is 17.3 Å². The summed E-state index contributed by atoms with van der Waals surface area (Å²) in [5.41, 5.74) is 2.87. The number of nitrogens with one attached hydrogen (secondary N) is 2. The lowest BCUT2D eigenvalue weighted by Gasteiger charge is -2.10. The molecule has 5 rings (SSSR count). The number of hydrogen-bond acceptors (Lipinski definition) is 6. The van der Waals surface area contributed by atoms with Gasteiger partial charge in [0.25, 0.3) is 5.91 Å². The minimum Gasteiger partial charge on any atom is -0.463 e. The van der Waals surface area contributed by atoms with E-state index in [2.05, 4.69) is 25.0 Å². The molecule has 0 saturated carbocycles. The topological polar surface area (TPSA) is 114 Å². The van der Waals surface area contributed by atoms with Gasteiger partial charge in [-0.25, -0.2) is 9.78 Å². The van der Waals surface area contributed by atoms with E-state index in [0.29, 0.717) is 33.8 Å². The van der Waals surface area contributed by atoms with Crippen LogP contribution in [0.25, 0.3) is 33.7 Å². The minimum absolute atomic E-state index is 0.283. The van der Waals surface area contributed by atoms with Gasteiger partial charge in [0, 0.05) is 16.6 Å². The number of benzene rings is 2. The second-order valence-corrected chi connectivity index (χ2v) is 6.53. The maximum Gasteiger partial charge on any atom is 0.439 e. The van der Waals surface area contributed by atoms with Gasteiger partial charge < -0.3 is 9.73 Å². The zero-order chi connectivity index (χ0) is 20.5. The van der Waals surface area contributed by atoms with Crippen molar-refractivity contribution in [2.75, 3.05) is 5.32 Å². The second-order valence-electron chi connectivity index (χ2n) is 6.53. The van der Waals surface area contributed by atoms with E-state index >= 15 is 0 Å². The number of aromatic amines is 1. The Balaban J connectivity index is 1.53. The standard InChI is InChI=1S/C22H14N4O4/c27-21(23-14-6-3-5-13(11-14)20-25-22(28)30-26-20)16-12-18(19-9-4-10-29-19)24-17-8-2-1-7-15(16)17/h1-12H,(H,23,27)(H,25,26,28). The van der Waals surface area contributed by atoms with Gasteiger partial charge >= 0.3 is 5.76 Å². The molecular weight excluding hydrogens is 384 g/mol. The number of carbonyl (C=O) groups excluding carboxylic acids is 1. The van der Waals surface area contributed by atoms with Crippen molar-refractivity contribution in [1.29, 1.82) is 0 Å². The van der Waals surface area contributed by atoms with Crippen LogP contribution in [0.4, 0.5) is 5.69 Å².